The predicted octanol–water partition coefficient (Wildman–Crippen LogP) is 3.92. The molecule has 1 aliphatic heterocycles. The quantitative estimate of drug-likeness (QED) is 0.568. The maximum Gasteiger partial charge on any atom is 0.388 e. The number of hydrogen-bond acceptors (Lipinski definition) is 6. The van der Waals surface area contributed by atoms with Crippen LogP contribution in [0.3, 0.4) is 0 Å². The van der Waals surface area contributed by atoms with Crippen LogP contribution in [0.4, 0.5) is 14.5 Å². The zero-order chi connectivity index (χ0) is 24.1. The molecular formula is C24H31F2N3O4S. The number of hydrogen-bond donors (Lipinski definition) is 1. The zero-order valence-electron chi connectivity index (χ0n) is 19.1. The van der Waals surface area contributed by atoms with Crippen molar-refractivity contribution < 1.29 is 26.7 Å². The number of aromatic nitrogens is 1. The molecule has 2 aliphatic rings. The van der Waals surface area contributed by atoms with Gasteiger partial charge in [-0.15, -0.1) is 0 Å². The molecule has 1 saturated carbocycles. The largest absolute Gasteiger partial charge is 0.417 e. The Morgan fingerprint density at radius 3 is 2.44 bits per heavy atom. The molecule has 1 aromatic heterocycles. The topological polar surface area (TPSA) is 80.8 Å². The molecule has 0 spiro atoms. The lowest BCUT2D eigenvalue weighted by atomic mass is 9.83. The second kappa shape index (κ2) is 11.0. The van der Waals surface area contributed by atoms with Crippen LogP contribution in [0, 0.1) is 0 Å². The van der Waals surface area contributed by atoms with Crippen LogP contribution >= 0.6 is 0 Å². The summed E-state index contributed by atoms with van der Waals surface area (Å²) in [6, 6.07) is 13.0. The predicted molar refractivity (Wildman–Crippen MR) is 126 cm³/mol. The van der Waals surface area contributed by atoms with E-state index >= 15 is 0 Å². The average molecular weight is 496 g/mol. The normalized spacial score (nSPS) is 25.6. The maximum absolute atomic E-state index is 12.4. The van der Waals surface area contributed by atoms with Crippen molar-refractivity contribution >= 4 is 15.7 Å². The van der Waals surface area contributed by atoms with Crippen LogP contribution in [0.15, 0.2) is 48.7 Å². The highest BCUT2D eigenvalue weighted by Gasteiger charge is 2.37. The van der Waals surface area contributed by atoms with Crippen LogP contribution in [-0.2, 0) is 14.8 Å². The van der Waals surface area contributed by atoms with Crippen molar-refractivity contribution in [3.63, 3.8) is 0 Å². The lowest BCUT2D eigenvalue weighted by Crippen LogP contribution is -2.48. The zero-order valence-corrected chi connectivity index (χ0v) is 20.0. The highest BCUT2D eigenvalue weighted by molar-refractivity contribution is 7.88. The summed E-state index contributed by atoms with van der Waals surface area (Å²) >= 11 is 0. The molecule has 1 saturated heterocycles. The van der Waals surface area contributed by atoms with Crippen LogP contribution in [0.5, 0.6) is 5.88 Å². The molecule has 4 rings (SSSR count). The number of pyridine rings is 1. The van der Waals surface area contributed by atoms with E-state index in [-0.39, 0.29) is 24.1 Å². The average Bonchev–Trinajstić information content (AvgIpc) is 3.19. The number of nitrogens with one attached hydrogen (secondary N) is 1. The first kappa shape index (κ1) is 24.8. The molecule has 0 amide bonds. The molecule has 2 fully saturated rings. The standard InChI is InChI=1S/C24H31F2N3O4S/c1-34(30,31)28-21-13-14-29(19-9-12-23(27-15-19)33-24(25)26)22(21)16-32-20-10-7-18(8-11-20)17-5-3-2-4-6-17/h2-6,9,12,15,18,20-22,24,28H,7-8,10-11,13-14,16H2,1H3/t18-,20+,21-,22-/m0/s1. The van der Waals surface area contributed by atoms with Gasteiger partial charge in [0.25, 0.3) is 0 Å². The number of halogens is 2. The van der Waals surface area contributed by atoms with E-state index in [9.17, 15) is 17.2 Å². The van der Waals surface area contributed by atoms with Crippen LogP contribution in [0.25, 0.3) is 0 Å². The molecule has 34 heavy (non-hydrogen) atoms. The molecule has 2 aromatic rings. The fourth-order valence-corrected chi connectivity index (χ4v) is 5.84. The van der Waals surface area contributed by atoms with Gasteiger partial charge in [0.1, 0.15) is 0 Å². The van der Waals surface area contributed by atoms with E-state index in [0.29, 0.717) is 31.2 Å². The smallest absolute Gasteiger partial charge is 0.388 e. The molecule has 1 aliphatic carbocycles. The highest BCUT2D eigenvalue weighted by atomic mass is 32.2. The number of ether oxygens (including phenoxy) is 2. The molecular weight excluding hydrogens is 464 g/mol. The number of nitrogens with zero attached hydrogens (tertiary/aromatic N) is 2. The molecule has 1 N–H and O–H groups in total. The summed E-state index contributed by atoms with van der Waals surface area (Å²) in [5.41, 5.74) is 2.08. The van der Waals surface area contributed by atoms with Crippen molar-refractivity contribution in [1.29, 1.82) is 0 Å². The minimum atomic E-state index is -3.40. The van der Waals surface area contributed by atoms with E-state index in [4.69, 9.17) is 4.74 Å². The number of benzene rings is 1. The van der Waals surface area contributed by atoms with Gasteiger partial charge in [0, 0.05) is 18.7 Å². The molecule has 0 bridgehead atoms. The van der Waals surface area contributed by atoms with Crippen molar-refractivity contribution in [2.75, 3.05) is 24.3 Å². The molecule has 1 aromatic carbocycles. The summed E-state index contributed by atoms with van der Waals surface area (Å²) in [4.78, 5) is 5.99. The summed E-state index contributed by atoms with van der Waals surface area (Å²) in [6.45, 7) is -1.98. The Kier molecular flexibility index (Phi) is 8.00. The lowest BCUT2D eigenvalue weighted by molar-refractivity contribution is -0.0528. The van der Waals surface area contributed by atoms with Gasteiger partial charge in [-0.3, -0.25) is 0 Å². The molecule has 10 heteroatoms. The van der Waals surface area contributed by atoms with Crippen LogP contribution in [0.2, 0.25) is 0 Å². The van der Waals surface area contributed by atoms with Gasteiger partial charge in [0.05, 0.1) is 36.9 Å². The first-order valence-corrected chi connectivity index (χ1v) is 13.5. The van der Waals surface area contributed by atoms with E-state index in [1.807, 2.05) is 11.0 Å². The Balaban J connectivity index is 1.39. The molecule has 7 nitrogen and oxygen atoms in total. The Hall–Kier alpha value is -2.30. The van der Waals surface area contributed by atoms with E-state index < -0.39 is 16.6 Å². The van der Waals surface area contributed by atoms with Crippen molar-refractivity contribution in [2.24, 2.45) is 0 Å². The van der Waals surface area contributed by atoms with E-state index in [0.717, 1.165) is 31.9 Å². The third-order valence-electron chi connectivity index (χ3n) is 6.62. The van der Waals surface area contributed by atoms with Gasteiger partial charge in [0.15, 0.2) is 0 Å². The number of sulfonamides is 1. The third-order valence-corrected chi connectivity index (χ3v) is 7.35. The fraction of sp³-hybridized carbons (Fsp3) is 0.542. The Bertz CT molecular complexity index is 1020. The second-order valence-corrected chi connectivity index (χ2v) is 10.8. The second-order valence-electron chi connectivity index (χ2n) is 9.00. The maximum atomic E-state index is 12.4. The summed E-state index contributed by atoms with van der Waals surface area (Å²) in [5, 5.41) is 0. The Morgan fingerprint density at radius 2 is 1.82 bits per heavy atom. The number of rotatable bonds is 9. The van der Waals surface area contributed by atoms with Crippen molar-refractivity contribution in [3.8, 4) is 5.88 Å². The molecule has 0 unspecified atom stereocenters. The van der Waals surface area contributed by atoms with Crippen LogP contribution in [0.1, 0.15) is 43.6 Å². The van der Waals surface area contributed by atoms with Gasteiger partial charge in [-0.1, -0.05) is 30.3 Å². The summed E-state index contributed by atoms with van der Waals surface area (Å²) < 4.78 is 62.1. The van der Waals surface area contributed by atoms with Gasteiger partial charge in [-0.25, -0.2) is 18.1 Å². The Labute approximate surface area is 199 Å². The summed E-state index contributed by atoms with van der Waals surface area (Å²) in [5.74, 6) is 0.385. The van der Waals surface area contributed by atoms with Crippen LogP contribution < -0.4 is 14.4 Å². The SMILES string of the molecule is CS(=O)(=O)N[C@H]1CCN(c2ccc(OC(F)F)nc2)[C@H]1CO[C@H]1CC[C@@H](c2ccccc2)CC1. The first-order valence-electron chi connectivity index (χ1n) is 11.6. The first-order chi connectivity index (χ1) is 16.3. The molecule has 2 atom stereocenters. The van der Waals surface area contributed by atoms with Gasteiger partial charge in [0.2, 0.25) is 15.9 Å². The lowest BCUT2D eigenvalue weighted by Gasteiger charge is -2.33. The summed E-state index contributed by atoms with van der Waals surface area (Å²) in [6.07, 6.45) is 7.38. The number of anilines is 1. The van der Waals surface area contributed by atoms with Crippen molar-refractivity contribution in [1.82, 2.24) is 9.71 Å². The van der Waals surface area contributed by atoms with Crippen molar-refractivity contribution in [2.45, 2.75) is 62.8 Å². The van der Waals surface area contributed by atoms with Gasteiger partial charge in [-0.05, 0) is 49.7 Å². The van der Waals surface area contributed by atoms with Crippen LogP contribution in [-0.4, -0.2) is 57.6 Å². The van der Waals surface area contributed by atoms with E-state index in [2.05, 4.69) is 38.7 Å². The fourth-order valence-electron chi connectivity index (χ4n) is 5.02. The molecule has 2 heterocycles. The van der Waals surface area contributed by atoms with Gasteiger partial charge in [-0.2, -0.15) is 8.78 Å². The summed E-state index contributed by atoms with van der Waals surface area (Å²) in [7, 11) is -3.40. The Morgan fingerprint density at radius 1 is 1.09 bits per heavy atom. The van der Waals surface area contributed by atoms with Gasteiger partial charge >= 0.3 is 6.61 Å². The highest BCUT2D eigenvalue weighted by Crippen LogP contribution is 2.35. The van der Waals surface area contributed by atoms with E-state index in [1.54, 1.807) is 6.07 Å². The minimum Gasteiger partial charge on any atom is -0.417 e. The van der Waals surface area contributed by atoms with E-state index in [1.165, 1.54) is 17.8 Å². The monoisotopic (exact) mass is 495 g/mol. The minimum absolute atomic E-state index is 0.126. The van der Waals surface area contributed by atoms with Crippen molar-refractivity contribution in [3.05, 3.63) is 54.2 Å². The number of alkyl halides is 2. The van der Waals surface area contributed by atoms with Gasteiger partial charge < -0.3 is 14.4 Å². The third kappa shape index (κ3) is 6.64. The molecule has 0 radical (unpaired) electrons. The molecule has 186 valence electrons.